The van der Waals surface area contributed by atoms with Crippen molar-refractivity contribution in [1.29, 1.82) is 0 Å². The molecule has 0 aliphatic rings. The summed E-state index contributed by atoms with van der Waals surface area (Å²) in [5, 5.41) is 11.7. The molecule has 7 heteroatoms. The second-order valence-corrected chi connectivity index (χ2v) is 4.54. The number of benzene rings is 1. The largest absolute Gasteiger partial charge is 0.478 e. The summed E-state index contributed by atoms with van der Waals surface area (Å²) in [6.07, 6.45) is 1.56. The molecule has 0 radical (unpaired) electrons. The molecular weight excluding hydrogens is 287 g/mol. The minimum Gasteiger partial charge on any atom is -0.478 e. The average Bonchev–Trinajstić information content (AvgIpc) is 2.70. The maximum atomic E-state index is 13.2. The van der Waals surface area contributed by atoms with Gasteiger partial charge in [0.15, 0.2) is 0 Å². The van der Waals surface area contributed by atoms with Crippen LogP contribution in [0.5, 0.6) is 0 Å². The molecule has 1 aromatic carbocycles. The number of amides is 1. The number of aryl methyl sites for hydroxylation is 1. The van der Waals surface area contributed by atoms with Crippen molar-refractivity contribution in [3.05, 3.63) is 52.6 Å². The van der Waals surface area contributed by atoms with Crippen molar-refractivity contribution < 1.29 is 19.1 Å². The van der Waals surface area contributed by atoms with Crippen LogP contribution in [0.15, 0.2) is 30.5 Å². The van der Waals surface area contributed by atoms with E-state index in [1.54, 1.807) is 13.2 Å². The fourth-order valence-electron chi connectivity index (χ4n) is 1.71. The van der Waals surface area contributed by atoms with Crippen LogP contribution in [0.25, 0.3) is 0 Å². The Bertz CT molecular complexity index is 697. The molecular formula is C13H10ClFN2O3. The van der Waals surface area contributed by atoms with Gasteiger partial charge < -0.3 is 15.0 Å². The molecule has 2 N–H and O–H groups in total. The monoisotopic (exact) mass is 296 g/mol. The normalized spacial score (nSPS) is 10.3. The van der Waals surface area contributed by atoms with Crippen molar-refractivity contribution in [3.8, 4) is 0 Å². The van der Waals surface area contributed by atoms with E-state index in [1.165, 1.54) is 16.7 Å². The lowest BCUT2D eigenvalue weighted by Gasteiger charge is -2.07. The van der Waals surface area contributed by atoms with Gasteiger partial charge in [-0.3, -0.25) is 4.79 Å². The standard InChI is InChI=1S/C13H10ClFN2O3/c1-17-6-7(14)4-11(17)12(18)16-8-2-3-10(15)9(5-8)13(19)20/h2-6H,1H3,(H,16,18)(H,19,20). The number of aromatic carboxylic acids is 1. The predicted molar refractivity (Wildman–Crippen MR) is 71.7 cm³/mol. The summed E-state index contributed by atoms with van der Waals surface area (Å²) in [6, 6.07) is 4.79. The van der Waals surface area contributed by atoms with Gasteiger partial charge in [0, 0.05) is 18.9 Å². The zero-order valence-corrected chi connectivity index (χ0v) is 11.1. The van der Waals surface area contributed by atoms with Gasteiger partial charge in [0.05, 0.1) is 10.6 Å². The maximum absolute atomic E-state index is 13.2. The van der Waals surface area contributed by atoms with E-state index in [9.17, 15) is 14.0 Å². The van der Waals surface area contributed by atoms with Crippen molar-refractivity contribution in [2.45, 2.75) is 0 Å². The van der Waals surface area contributed by atoms with E-state index < -0.39 is 23.3 Å². The van der Waals surface area contributed by atoms with Gasteiger partial charge in [-0.1, -0.05) is 11.6 Å². The summed E-state index contributed by atoms with van der Waals surface area (Å²) < 4.78 is 14.8. The topological polar surface area (TPSA) is 71.3 Å². The van der Waals surface area contributed by atoms with Gasteiger partial charge in [0.1, 0.15) is 11.5 Å². The number of hydrogen-bond acceptors (Lipinski definition) is 2. The second-order valence-electron chi connectivity index (χ2n) is 4.11. The molecule has 1 heterocycles. The molecule has 2 rings (SSSR count). The van der Waals surface area contributed by atoms with Crippen molar-refractivity contribution in [3.63, 3.8) is 0 Å². The molecule has 0 atom stereocenters. The van der Waals surface area contributed by atoms with E-state index in [0.717, 1.165) is 12.1 Å². The molecule has 20 heavy (non-hydrogen) atoms. The molecule has 0 fully saturated rings. The number of carbonyl (C=O) groups is 2. The van der Waals surface area contributed by atoms with Crippen LogP contribution in [0.3, 0.4) is 0 Å². The third kappa shape index (κ3) is 2.80. The Kier molecular flexibility index (Phi) is 3.76. The summed E-state index contributed by atoms with van der Waals surface area (Å²) in [5.74, 6) is -2.74. The molecule has 2 aromatic rings. The van der Waals surface area contributed by atoms with E-state index >= 15 is 0 Å². The van der Waals surface area contributed by atoms with Crippen molar-refractivity contribution in [1.82, 2.24) is 4.57 Å². The van der Waals surface area contributed by atoms with Crippen LogP contribution in [-0.2, 0) is 7.05 Å². The first-order chi connectivity index (χ1) is 9.38. The predicted octanol–water partition coefficient (Wildman–Crippen LogP) is 2.77. The molecule has 0 aliphatic heterocycles. The first kappa shape index (κ1) is 14.1. The van der Waals surface area contributed by atoms with E-state index in [4.69, 9.17) is 16.7 Å². The molecule has 0 spiro atoms. The number of hydrogen-bond donors (Lipinski definition) is 2. The van der Waals surface area contributed by atoms with Crippen LogP contribution in [0.1, 0.15) is 20.8 Å². The number of aromatic nitrogens is 1. The summed E-state index contributed by atoms with van der Waals surface area (Å²) in [5.41, 5.74) is -0.0185. The molecule has 0 saturated carbocycles. The molecule has 0 saturated heterocycles. The van der Waals surface area contributed by atoms with Gasteiger partial charge >= 0.3 is 5.97 Å². The Hall–Kier alpha value is -2.34. The van der Waals surface area contributed by atoms with Crippen LogP contribution in [0.4, 0.5) is 10.1 Å². The summed E-state index contributed by atoms with van der Waals surface area (Å²) >= 11 is 5.77. The number of carbonyl (C=O) groups excluding carboxylic acids is 1. The van der Waals surface area contributed by atoms with Crippen molar-refractivity contribution in [2.24, 2.45) is 7.05 Å². The SMILES string of the molecule is Cn1cc(Cl)cc1C(=O)Nc1ccc(F)c(C(=O)O)c1. The molecule has 0 unspecified atom stereocenters. The van der Waals surface area contributed by atoms with Crippen LogP contribution in [0, 0.1) is 5.82 Å². The van der Waals surface area contributed by atoms with Crippen molar-refractivity contribution in [2.75, 3.05) is 5.32 Å². The number of carboxylic acid groups (broad SMARTS) is 1. The Balaban J connectivity index is 2.26. The van der Waals surface area contributed by atoms with E-state index in [-0.39, 0.29) is 5.69 Å². The van der Waals surface area contributed by atoms with Crippen molar-refractivity contribution >= 4 is 29.2 Å². The first-order valence-electron chi connectivity index (χ1n) is 5.54. The lowest BCUT2D eigenvalue weighted by Crippen LogP contribution is -2.15. The number of rotatable bonds is 3. The Labute approximate surface area is 118 Å². The zero-order chi connectivity index (χ0) is 14.9. The summed E-state index contributed by atoms with van der Waals surface area (Å²) in [7, 11) is 1.65. The highest BCUT2D eigenvalue weighted by molar-refractivity contribution is 6.31. The van der Waals surface area contributed by atoms with E-state index in [2.05, 4.69) is 5.32 Å². The molecule has 5 nitrogen and oxygen atoms in total. The minimum absolute atomic E-state index is 0.186. The second kappa shape index (κ2) is 5.34. The van der Waals surface area contributed by atoms with Crippen LogP contribution >= 0.6 is 11.6 Å². The highest BCUT2D eigenvalue weighted by Gasteiger charge is 2.14. The molecule has 1 amide bonds. The number of halogens is 2. The number of nitrogens with one attached hydrogen (secondary N) is 1. The quantitative estimate of drug-likeness (QED) is 0.915. The molecule has 104 valence electrons. The van der Waals surface area contributed by atoms with E-state index in [0.29, 0.717) is 10.7 Å². The van der Waals surface area contributed by atoms with Gasteiger partial charge in [-0.25, -0.2) is 9.18 Å². The Morgan fingerprint density at radius 3 is 2.60 bits per heavy atom. The average molecular weight is 297 g/mol. The highest BCUT2D eigenvalue weighted by Crippen LogP contribution is 2.18. The van der Waals surface area contributed by atoms with Crippen LogP contribution in [0.2, 0.25) is 5.02 Å². The van der Waals surface area contributed by atoms with Crippen LogP contribution < -0.4 is 5.32 Å². The smallest absolute Gasteiger partial charge is 0.338 e. The highest BCUT2D eigenvalue weighted by atomic mass is 35.5. The van der Waals surface area contributed by atoms with Crippen LogP contribution in [-0.4, -0.2) is 21.6 Å². The number of anilines is 1. The summed E-state index contributed by atoms with van der Waals surface area (Å²) in [6.45, 7) is 0. The number of nitrogens with zero attached hydrogens (tertiary/aromatic N) is 1. The van der Waals surface area contributed by atoms with Gasteiger partial charge in [-0.15, -0.1) is 0 Å². The molecule has 0 bridgehead atoms. The first-order valence-corrected chi connectivity index (χ1v) is 5.92. The van der Waals surface area contributed by atoms with Gasteiger partial charge in [-0.05, 0) is 24.3 Å². The lowest BCUT2D eigenvalue weighted by molar-refractivity contribution is 0.0691. The number of carboxylic acids is 1. The van der Waals surface area contributed by atoms with Gasteiger partial charge in [0.25, 0.3) is 5.91 Å². The molecule has 1 aromatic heterocycles. The maximum Gasteiger partial charge on any atom is 0.338 e. The minimum atomic E-state index is -1.40. The summed E-state index contributed by atoms with van der Waals surface area (Å²) in [4.78, 5) is 22.8. The fraction of sp³-hybridized carbons (Fsp3) is 0.0769. The Morgan fingerprint density at radius 2 is 2.05 bits per heavy atom. The third-order valence-corrected chi connectivity index (χ3v) is 2.87. The lowest BCUT2D eigenvalue weighted by atomic mass is 10.2. The Morgan fingerprint density at radius 1 is 1.35 bits per heavy atom. The third-order valence-electron chi connectivity index (χ3n) is 2.66. The van der Waals surface area contributed by atoms with Gasteiger partial charge in [-0.2, -0.15) is 0 Å². The van der Waals surface area contributed by atoms with Gasteiger partial charge in [0.2, 0.25) is 0 Å². The fourth-order valence-corrected chi connectivity index (χ4v) is 1.96. The van der Waals surface area contributed by atoms with E-state index in [1.807, 2.05) is 0 Å². The molecule has 0 aliphatic carbocycles. The zero-order valence-electron chi connectivity index (χ0n) is 10.4.